The molecule has 1 aliphatic rings. The van der Waals surface area contributed by atoms with E-state index in [1.807, 2.05) is 24.6 Å². The second-order valence-electron chi connectivity index (χ2n) is 9.12. The lowest BCUT2D eigenvalue weighted by Crippen LogP contribution is -2.43. The minimum atomic E-state index is -3.24. The highest BCUT2D eigenvalue weighted by molar-refractivity contribution is 7.89. The van der Waals surface area contributed by atoms with Crippen LogP contribution >= 0.6 is 0 Å². The summed E-state index contributed by atoms with van der Waals surface area (Å²) in [5.41, 5.74) is 0.801. The Morgan fingerprint density at radius 2 is 1.79 bits per heavy atom. The molecule has 2 rings (SSSR count). The quantitative estimate of drug-likeness (QED) is 0.135. The van der Waals surface area contributed by atoms with Crippen molar-refractivity contribution >= 4 is 21.7 Å². The van der Waals surface area contributed by atoms with E-state index >= 15 is 0 Å². The van der Waals surface area contributed by atoms with Crippen LogP contribution in [0.3, 0.4) is 0 Å². The molecule has 190 valence electrons. The van der Waals surface area contributed by atoms with Gasteiger partial charge in [-0.05, 0) is 64.9 Å². The molecule has 9 nitrogen and oxygen atoms in total. The van der Waals surface area contributed by atoms with Gasteiger partial charge in [0.05, 0.1) is 5.75 Å². The molecule has 2 N–H and O–H groups in total. The molecule has 0 aliphatic heterocycles. The fraction of sp³-hybridized carbons (Fsp3) is 0.708. The number of sulfonamides is 1. The van der Waals surface area contributed by atoms with E-state index in [0.29, 0.717) is 25.5 Å². The SMILES string of the molecule is CN(C)CCCN(C1CCCCC1)S(=O)(=O)CCCCCCN=C(NC#N)Nc1ccncc1. The maximum Gasteiger partial charge on any atom is 0.214 e. The van der Waals surface area contributed by atoms with Gasteiger partial charge in [-0.3, -0.25) is 15.3 Å². The lowest BCUT2D eigenvalue weighted by atomic mass is 9.95. The molecule has 1 aromatic rings. The molecule has 0 atom stereocenters. The third-order valence-electron chi connectivity index (χ3n) is 6.02. The number of anilines is 1. The van der Waals surface area contributed by atoms with E-state index in [4.69, 9.17) is 5.26 Å². The number of hydrogen-bond donors (Lipinski definition) is 2. The van der Waals surface area contributed by atoms with Crippen molar-refractivity contribution in [2.45, 2.75) is 70.3 Å². The Hall–Kier alpha value is -2.22. The molecule has 1 aromatic heterocycles. The zero-order valence-electron chi connectivity index (χ0n) is 20.7. The lowest BCUT2D eigenvalue weighted by molar-refractivity contribution is 0.242. The molecule has 0 unspecified atom stereocenters. The van der Waals surface area contributed by atoms with Crippen molar-refractivity contribution in [1.82, 2.24) is 19.5 Å². The van der Waals surface area contributed by atoms with Crippen LogP contribution in [0.25, 0.3) is 0 Å². The first-order valence-electron chi connectivity index (χ1n) is 12.4. The molecule has 0 amide bonds. The number of rotatable bonds is 14. The van der Waals surface area contributed by atoms with Crippen molar-refractivity contribution in [2.24, 2.45) is 4.99 Å². The molecule has 0 saturated heterocycles. The van der Waals surface area contributed by atoms with Gasteiger partial charge in [0.2, 0.25) is 16.0 Å². The number of aliphatic imine (C=N–C) groups is 1. The number of hydrogen-bond acceptors (Lipinski definition) is 6. The molecule has 0 radical (unpaired) electrons. The summed E-state index contributed by atoms with van der Waals surface area (Å²) in [6, 6.07) is 3.77. The summed E-state index contributed by atoms with van der Waals surface area (Å²) in [6.45, 7) is 2.09. The largest absolute Gasteiger partial charge is 0.325 e. The molecule has 34 heavy (non-hydrogen) atoms. The van der Waals surface area contributed by atoms with E-state index in [2.05, 4.69) is 25.5 Å². The van der Waals surface area contributed by atoms with Crippen LogP contribution < -0.4 is 10.6 Å². The standard InChI is InChI=1S/C24H41N7O2S/c1-30(2)18-10-19-31(23-11-6-5-7-12-23)34(32,33)20-9-4-3-8-15-27-24(28-21-25)29-22-13-16-26-17-14-22/h13-14,16-17,23H,3-12,15,18-20H2,1-2H3,(H2,26,27,28,29). The first-order valence-corrected chi connectivity index (χ1v) is 14.0. The maximum absolute atomic E-state index is 13.2. The van der Waals surface area contributed by atoms with E-state index < -0.39 is 10.0 Å². The smallest absolute Gasteiger partial charge is 0.214 e. The molecule has 1 heterocycles. The van der Waals surface area contributed by atoms with Crippen molar-refractivity contribution in [3.8, 4) is 6.19 Å². The second kappa shape index (κ2) is 15.6. The Bertz CT molecular complexity index is 863. The molecule has 10 heteroatoms. The predicted molar refractivity (Wildman–Crippen MR) is 138 cm³/mol. The fourth-order valence-electron chi connectivity index (χ4n) is 4.25. The molecule has 1 fully saturated rings. The fourth-order valence-corrected chi connectivity index (χ4v) is 6.13. The minimum absolute atomic E-state index is 0.175. The first-order chi connectivity index (χ1) is 16.4. The molecule has 0 bridgehead atoms. The zero-order valence-corrected chi connectivity index (χ0v) is 21.6. The van der Waals surface area contributed by atoms with Gasteiger partial charge in [-0.15, -0.1) is 0 Å². The van der Waals surface area contributed by atoms with Crippen LogP contribution in [-0.4, -0.2) is 74.1 Å². The molecule has 0 spiro atoms. The highest BCUT2D eigenvalue weighted by Crippen LogP contribution is 2.25. The minimum Gasteiger partial charge on any atom is -0.325 e. The van der Waals surface area contributed by atoms with Gasteiger partial charge < -0.3 is 10.2 Å². The molecular weight excluding hydrogens is 450 g/mol. The Kier molecular flexibility index (Phi) is 12.9. The number of nitriles is 1. The van der Waals surface area contributed by atoms with Crippen molar-refractivity contribution in [3.63, 3.8) is 0 Å². The maximum atomic E-state index is 13.2. The number of pyridine rings is 1. The van der Waals surface area contributed by atoms with Gasteiger partial charge in [-0.25, -0.2) is 8.42 Å². The van der Waals surface area contributed by atoms with E-state index in [0.717, 1.165) is 63.6 Å². The van der Waals surface area contributed by atoms with Crippen LogP contribution in [0, 0.1) is 11.5 Å². The molecule has 1 saturated carbocycles. The Labute approximate surface area is 205 Å². The van der Waals surface area contributed by atoms with Crippen molar-refractivity contribution in [2.75, 3.05) is 44.8 Å². The summed E-state index contributed by atoms with van der Waals surface area (Å²) >= 11 is 0. The van der Waals surface area contributed by atoms with E-state index in [1.54, 1.807) is 24.5 Å². The third-order valence-corrected chi connectivity index (χ3v) is 8.02. The van der Waals surface area contributed by atoms with Crippen LogP contribution in [-0.2, 0) is 10.0 Å². The van der Waals surface area contributed by atoms with Crippen molar-refractivity contribution in [3.05, 3.63) is 24.5 Å². The van der Waals surface area contributed by atoms with Gasteiger partial charge in [-0.1, -0.05) is 32.1 Å². The predicted octanol–water partition coefficient (Wildman–Crippen LogP) is 3.40. The summed E-state index contributed by atoms with van der Waals surface area (Å²) in [4.78, 5) is 10.5. The highest BCUT2D eigenvalue weighted by Gasteiger charge is 2.30. The number of aromatic nitrogens is 1. The topological polar surface area (TPSA) is 114 Å². The van der Waals surface area contributed by atoms with E-state index in [9.17, 15) is 8.42 Å². The van der Waals surface area contributed by atoms with Gasteiger partial charge in [-0.2, -0.15) is 9.57 Å². The number of nitrogens with one attached hydrogen (secondary N) is 2. The Morgan fingerprint density at radius 3 is 2.47 bits per heavy atom. The summed E-state index contributed by atoms with van der Waals surface area (Å²) in [5, 5.41) is 14.5. The van der Waals surface area contributed by atoms with Crippen molar-refractivity contribution in [1.29, 1.82) is 5.26 Å². The van der Waals surface area contributed by atoms with Crippen LogP contribution in [0.1, 0.15) is 64.2 Å². The summed E-state index contributed by atoms with van der Waals surface area (Å²) in [5.74, 6) is 0.622. The van der Waals surface area contributed by atoms with Crippen LogP contribution in [0.2, 0.25) is 0 Å². The normalized spacial score (nSPS) is 15.4. The summed E-state index contributed by atoms with van der Waals surface area (Å²) in [7, 11) is 0.810. The summed E-state index contributed by atoms with van der Waals surface area (Å²) < 4.78 is 28.2. The van der Waals surface area contributed by atoms with E-state index in [-0.39, 0.29) is 11.8 Å². The highest BCUT2D eigenvalue weighted by atomic mass is 32.2. The molecule has 0 aromatic carbocycles. The zero-order chi connectivity index (χ0) is 24.7. The molecule has 1 aliphatic carbocycles. The van der Waals surface area contributed by atoms with Crippen LogP contribution in [0.5, 0.6) is 0 Å². The Balaban J connectivity index is 1.76. The average Bonchev–Trinajstić information content (AvgIpc) is 2.82. The van der Waals surface area contributed by atoms with Gasteiger partial charge >= 0.3 is 0 Å². The lowest BCUT2D eigenvalue weighted by Gasteiger charge is -2.33. The number of nitrogens with zero attached hydrogens (tertiary/aromatic N) is 5. The van der Waals surface area contributed by atoms with Crippen molar-refractivity contribution < 1.29 is 8.42 Å². The van der Waals surface area contributed by atoms with E-state index in [1.165, 1.54) is 6.42 Å². The van der Waals surface area contributed by atoms with Gasteiger partial charge in [0.1, 0.15) is 0 Å². The van der Waals surface area contributed by atoms with Gasteiger partial charge in [0.15, 0.2) is 6.19 Å². The van der Waals surface area contributed by atoms with Crippen LogP contribution in [0.15, 0.2) is 29.5 Å². The first kappa shape index (κ1) is 28.0. The van der Waals surface area contributed by atoms with Gasteiger partial charge in [0.25, 0.3) is 0 Å². The Morgan fingerprint density at radius 1 is 1.09 bits per heavy atom. The molecular formula is C24H41N7O2S. The second-order valence-corrected chi connectivity index (χ2v) is 11.2. The van der Waals surface area contributed by atoms with Gasteiger partial charge in [0, 0.05) is 37.2 Å². The number of guanidine groups is 1. The monoisotopic (exact) mass is 491 g/mol. The third kappa shape index (κ3) is 10.8. The summed E-state index contributed by atoms with van der Waals surface area (Å²) in [6.07, 6.45) is 14.8. The average molecular weight is 492 g/mol. The van der Waals surface area contributed by atoms with Crippen LogP contribution in [0.4, 0.5) is 5.69 Å². The number of unbranched alkanes of at least 4 members (excludes halogenated alkanes) is 3.